The molecule has 41 heavy (non-hydrogen) atoms. The van der Waals surface area contributed by atoms with E-state index in [0.29, 0.717) is 22.3 Å². The van der Waals surface area contributed by atoms with Crippen LogP contribution in [-0.4, -0.2) is 35.5 Å². The maximum absolute atomic E-state index is 12.6. The predicted molar refractivity (Wildman–Crippen MR) is 139 cm³/mol. The highest BCUT2D eigenvalue weighted by Gasteiger charge is 2.43. The highest BCUT2D eigenvalue weighted by atomic mass is 19.4. The summed E-state index contributed by atoms with van der Waals surface area (Å²) in [4.78, 5) is 45.9. The number of hydrogen-bond donors (Lipinski definition) is 0. The van der Waals surface area contributed by atoms with Crippen molar-refractivity contribution < 1.29 is 45.5 Å². The molecule has 0 heterocycles. The van der Waals surface area contributed by atoms with E-state index in [-0.39, 0.29) is 11.1 Å². The van der Waals surface area contributed by atoms with E-state index >= 15 is 0 Å². The first-order chi connectivity index (χ1) is 19.1. The number of fused-ring (bicyclic) bond motifs is 1. The van der Waals surface area contributed by atoms with Crippen LogP contribution in [0.2, 0.25) is 0 Å². The number of ketones is 4. The van der Waals surface area contributed by atoms with E-state index in [9.17, 15) is 45.5 Å². The summed E-state index contributed by atoms with van der Waals surface area (Å²) in [6.07, 6.45) is -11.9. The van der Waals surface area contributed by atoms with E-state index in [4.69, 9.17) is 0 Å². The summed E-state index contributed by atoms with van der Waals surface area (Å²) < 4.78 is 75.4. The lowest BCUT2D eigenvalue weighted by atomic mass is 9.89. The lowest BCUT2D eigenvalue weighted by Gasteiger charge is -2.15. The Balaban J connectivity index is 1.69. The van der Waals surface area contributed by atoms with Crippen molar-refractivity contribution in [2.45, 2.75) is 32.1 Å². The number of halogens is 6. The van der Waals surface area contributed by atoms with Gasteiger partial charge in [-0.05, 0) is 68.8 Å². The molecule has 0 fully saturated rings. The Labute approximate surface area is 229 Å². The summed E-state index contributed by atoms with van der Waals surface area (Å²) in [5.41, 5.74) is 4.14. The van der Waals surface area contributed by atoms with Gasteiger partial charge in [0.05, 0.1) is 0 Å². The molecule has 4 aromatic rings. The van der Waals surface area contributed by atoms with Gasteiger partial charge < -0.3 is 0 Å². The van der Waals surface area contributed by atoms with Crippen molar-refractivity contribution in [1.82, 2.24) is 0 Å². The molecule has 0 bridgehead atoms. The molecule has 0 radical (unpaired) electrons. The molecular formula is C31H20F6O4. The van der Waals surface area contributed by atoms with Crippen LogP contribution in [0, 0.1) is 6.92 Å². The summed E-state index contributed by atoms with van der Waals surface area (Å²) in [5.74, 6) is -7.96. The molecule has 0 saturated carbocycles. The average Bonchev–Trinajstić information content (AvgIpc) is 2.91. The van der Waals surface area contributed by atoms with Crippen molar-refractivity contribution >= 4 is 33.9 Å². The number of alkyl halides is 6. The minimum Gasteiger partial charge on any atom is -0.290 e. The molecule has 0 aromatic heterocycles. The smallest absolute Gasteiger partial charge is 0.290 e. The summed E-state index contributed by atoms with van der Waals surface area (Å²) in [6, 6.07) is 21.8. The third-order valence-electron chi connectivity index (χ3n) is 6.52. The maximum atomic E-state index is 12.6. The molecule has 0 aliphatic heterocycles. The van der Waals surface area contributed by atoms with Crippen LogP contribution < -0.4 is 0 Å². The van der Waals surface area contributed by atoms with Crippen LogP contribution in [0.4, 0.5) is 26.3 Å². The second kappa shape index (κ2) is 11.1. The van der Waals surface area contributed by atoms with E-state index in [1.807, 2.05) is 37.3 Å². The van der Waals surface area contributed by atoms with Gasteiger partial charge in [-0.3, -0.25) is 19.2 Å². The predicted octanol–water partition coefficient (Wildman–Crippen LogP) is 6.97. The van der Waals surface area contributed by atoms with E-state index in [1.54, 1.807) is 24.3 Å². The van der Waals surface area contributed by atoms with Gasteiger partial charge in [-0.15, -0.1) is 0 Å². The van der Waals surface area contributed by atoms with E-state index in [2.05, 4.69) is 0 Å². The Morgan fingerprint density at radius 2 is 1.00 bits per heavy atom. The van der Waals surface area contributed by atoms with Gasteiger partial charge in [0.2, 0.25) is 11.6 Å². The van der Waals surface area contributed by atoms with Crippen LogP contribution in [0.15, 0.2) is 78.9 Å². The topological polar surface area (TPSA) is 68.3 Å². The molecule has 4 rings (SSSR count). The SMILES string of the molecule is Cc1cccc2cc(-c3ccc(CC(=O)C(=O)C(F)(F)F)cc3)c(-c3ccc(CC(=O)C(=O)C(F)(F)F)cc3)cc12. The van der Waals surface area contributed by atoms with Crippen LogP contribution in [0.3, 0.4) is 0 Å². The summed E-state index contributed by atoms with van der Waals surface area (Å²) in [6.45, 7) is 1.92. The maximum Gasteiger partial charge on any atom is 0.458 e. The van der Waals surface area contributed by atoms with Crippen molar-refractivity contribution in [3.8, 4) is 22.3 Å². The number of carbonyl (C=O) groups is 4. The number of rotatable bonds is 8. The highest BCUT2D eigenvalue weighted by molar-refractivity contribution is 6.40. The second-order valence-corrected chi connectivity index (χ2v) is 9.44. The van der Waals surface area contributed by atoms with Gasteiger partial charge in [0.15, 0.2) is 0 Å². The van der Waals surface area contributed by atoms with Gasteiger partial charge in [-0.2, -0.15) is 26.3 Å². The zero-order valence-corrected chi connectivity index (χ0v) is 21.3. The Morgan fingerprint density at radius 1 is 0.585 bits per heavy atom. The number of carbonyl (C=O) groups excluding carboxylic acids is 4. The molecule has 0 aliphatic rings. The van der Waals surface area contributed by atoms with Gasteiger partial charge in [0.1, 0.15) is 0 Å². The number of benzene rings is 4. The third kappa shape index (κ3) is 6.59. The fourth-order valence-electron chi connectivity index (χ4n) is 4.41. The van der Waals surface area contributed by atoms with E-state index in [0.717, 1.165) is 16.3 Å². The van der Waals surface area contributed by atoms with Gasteiger partial charge >= 0.3 is 23.9 Å². The van der Waals surface area contributed by atoms with Crippen LogP contribution >= 0.6 is 0 Å². The normalized spacial score (nSPS) is 11.9. The van der Waals surface area contributed by atoms with Crippen LogP contribution in [-0.2, 0) is 32.0 Å². The van der Waals surface area contributed by atoms with Crippen molar-refractivity contribution in [1.29, 1.82) is 0 Å². The quantitative estimate of drug-likeness (QED) is 0.170. The third-order valence-corrected chi connectivity index (χ3v) is 6.52. The molecule has 10 heteroatoms. The molecule has 0 N–H and O–H groups in total. The largest absolute Gasteiger partial charge is 0.458 e. The average molecular weight is 570 g/mol. The summed E-state index contributed by atoms with van der Waals surface area (Å²) in [7, 11) is 0. The van der Waals surface area contributed by atoms with E-state index < -0.39 is 48.3 Å². The summed E-state index contributed by atoms with van der Waals surface area (Å²) >= 11 is 0. The Hall–Kier alpha value is -4.60. The Morgan fingerprint density at radius 3 is 1.41 bits per heavy atom. The fourth-order valence-corrected chi connectivity index (χ4v) is 4.41. The lowest BCUT2D eigenvalue weighted by molar-refractivity contribution is -0.174. The molecular weight excluding hydrogens is 550 g/mol. The fraction of sp³-hybridized carbons (Fsp3) is 0.161. The molecule has 0 saturated heterocycles. The van der Waals surface area contributed by atoms with Crippen molar-refractivity contribution in [2.75, 3.05) is 0 Å². The van der Waals surface area contributed by atoms with Gasteiger partial charge in [0, 0.05) is 12.8 Å². The van der Waals surface area contributed by atoms with Crippen LogP contribution in [0.5, 0.6) is 0 Å². The molecule has 0 aliphatic carbocycles. The standard InChI is InChI=1S/C31H20F6O4/c1-17-3-2-4-22-15-24(20-9-5-18(6-10-20)13-26(38)28(40)30(32,33)34)25(16-23(17)22)21-11-7-19(8-12-21)14-27(39)29(41)31(35,36)37/h2-12,15-16H,13-14H2,1H3. The minimum atomic E-state index is -5.24. The molecule has 0 unspecified atom stereocenters. The van der Waals surface area contributed by atoms with Crippen molar-refractivity contribution in [3.05, 3.63) is 95.6 Å². The molecule has 0 amide bonds. The second-order valence-electron chi connectivity index (χ2n) is 9.44. The van der Waals surface area contributed by atoms with Gasteiger partial charge in [-0.1, -0.05) is 66.7 Å². The zero-order valence-electron chi connectivity index (χ0n) is 21.3. The van der Waals surface area contributed by atoms with Crippen molar-refractivity contribution in [3.63, 3.8) is 0 Å². The minimum absolute atomic E-state index is 0.219. The lowest BCUT2D eigenvalue weighted by Crippen LogP contribution is -2.31. The molecule has 210 valence electrons. The first-order valence-electron chi connectivity index (χ1n) is 12.2. The highest BCUT2D eigenvalue weighted by Crippen LogP contribution is 2.37. The molecule has 4 nitrogen and oxygen atoms in total. The first kappa shape index (κ1) is 29.4. The number of hydrogen-bond acceptors (Lipinski definition) is 4. The summed E-state index contributed by atoms with van der Waals surface area (Å²) in [5, 5.41) is 1.82. The van der Waals surface area contributed by atoms with Crippen LogP contribution in [0.1, 0.15) is 16.7 Å². The number of Topliss-reactive ketones (excluding diaryl/α,β-unsaturated/α-hetero) is 4. The molecule has 4 aromatic carbocycles. The number of aryl methyl sites for hydroxylation is 1. The molecule has 0 atom stereocenters. The molecule has 0 spiro atoms. The van der Waals surface area contributed by atoms with E-state index in [1.165, 1.54) is 24.3 Å². The van der Waals surface area contributed by atoms with Crippen LogP contribution in [0.25, 0.3) is 33.0 Å². The Bertz CT molecular complexity index is 1660. The monoisotopic (exact) mass is 570 g/mol. The van der Waals surface area contributed by atoms with Gasteiger partial charge in [0.25, 0.3) is 0 Å². The zero-order chi connectivity index (χ0) is 30.1. The first-order valence-corrected chi connectivity index (χ1v) is 12.2. The van der Waals surface area contributed by atoms with Crippen molar-refractivity contribution in [2.24, 2.45) is 0 Å². The van der Waals surface area contributed by atoms with Gasteiger partial charge in [-0.25, -0.2) is 0 Å². The Kier molecular flexibility index (Phi) is 7.96.